The Bertz CT molecular complexity index is 783. The highest BCUT2D eigenvalue weighted by Crippen LogP contribution is 2.38. The molecular weight excluding hydrogens is 324 g/mol. The molecule has 0 spiro atoms. The van der Waals surface area contributed by atoms with Crippen LogP contribution < -0.4 is 0 Å². The Morgan fingerprint density at radius 2 is 2.12 bits per heavy atom. The lowest BCUT2D eigenvalue weighted by atomic mass is 9.96. The van der Waals surface area contributed by atoms with E-state index in [-0.39, 0.29) is 11.3 Å². The second-order valence-electron chi connectivity index (χ2n) is 5.60. The van der Waals surface area contributed by atoms with E-state index in [2.05, 4.69) is 4.98 Å². The van der Waals surface area contributed by atoms with E-state index >= 15 is 0 Å². The Labute approximate surface area is 144 Å². The minimum absolute atomic E-state index is 0.0172. The molecule has 1 amide bonds. The summed E-state index contributed by atoms with van der Waals surface area (Å²) in [6.07, 6.45) is 5.12. The molecule has 0 saturated heterocycles. The zero-order valence-electron chi connectivity index (χ0n) is 13.7. The Kier molecular flexibility index (Phi) is 4.95. The molecule has 1 aliphatic heterocycles. The van der Waals surface area contributed by atoms with Crippen LogP contribution in [0.3, 0.4) is 0 Å². The molecular formula is C18H18N2O5. The number of nitrogens with zero attached hydrogens (tertiary/aromatic N) is 2. The summed E-state index contributed by atoms with van der Waals surface area (Å²) in [6, 6.07) is 5.83. The summed E-state index contributed by atoms with van der Waals surface area (Å²) < 4.78 is 10.2. The van der Waals surface area contributed by atoms with Crippen LogP contribution in [0.25, 0.3) is 0 Å². The number of aliphatic hydroxyl groups is 1. The molecule has 1 atom stereocenters. The molecule has 25 heavy (non-hydrogen) atoms. The number of furan rings is 1. The van der Waals surface area contributed by atoms with Gasteiger partial charge in [-0.05, 0) is 36.2 Å². The summed E-state index contributed by atoms with van der Waals surface area (Å²) in [4.78, 5) is 30.8. The van der Waals surface area contributed by atoms with Crippen molar-refractivity contribution < 1.29 is 23.8 Å². The monoisotopic (exact) mass is 342 g/mol. The summed E-state index contributed by atoms with van der Waals surface area (Å²) in [5, 5.41) is 10.4. The van der Waals surface area contributed by atoms with Crippen molar-refractivity contribution in [2.45, 2.75) is 12.5 Å². The molecule has 2 aromatic heterocycles. The van der Waals surface area contributed by atoms with Crippen LogP contribution in [-0.4, -0.2) is 46.9 Å². The Morgan fingerprint density at radius 3 is 2.76 bits per heavy atom. The first-order valence-corrected chi connectivity index (χ1v) is 7.86. The van der Waals surface area contributed by atoms with E-state index in [0.717, 1.165) is 0 Å². The predicted molar refractivity (Wildman–Crippen MR) is 87.9 cm³/mol. The summed E-state index contributed by atoms with van der Waals surface area (Å²) in [5.41, 5.74) is 0.711. The third-order valence-electron chi connectivity index (χ3n) is 4.06. The normalized spacial score (nSPS) is 17.4. The number of hydrogen-bond donors (Lipinski definition) is 1. The largest absolute Gasteiger partial charge is 0.503 e. The van der Waals surface area contributed by atoms with E-state index in [4.69, 9.17) is 9.15 Å². The van der Waals surface area contributed by atoms with E-state index in [9.17, 15) is 14.7 Å². The fraction of sp³-hybridized carbons (Fsp3) is 0.278. The van der Waals surface area contributed by atoms with Crippen molar-refractivity contribution in [1.29, 1.82) is 0 Å². The number of carbonyl (C=O) groups is 2. The fourth-order valence-corrected chi connectivity index (χ4v) is 2.93. The molecule has 0 aromatic carbocycles. The smallest absolute Gasteiger partial charge is 0.290 e. The lowest BCUT2D eigenvalue weighted by Crippen LogP contribution is -2.32. The van der Waals surface area contributed by atoms with E-state index in [1.165, 1.54) is 17.2 Å². The number of rotatable bonds is 7. The van der Waals surface area contributed by atoms with Gasteiger partial charge in [-0.2, -0.15) is 0 Å². The third kappa shape index (κ3) is 3.18. The Balaban J connectivity index is 2.01. The van der Waals surface area contributed by atoms with Crippen LogP contribution in [0.1, 0.15) is 28.6 Å². The number of methoxy groups -OCH3 is 1. The average Bonchev–Trinajstić information content (AvgIpc) is 3.25. The topological polar surface area (TPSA) is 92.9 Å². The van der Waals surface area contributed by atoms with E-state index in [0.29, 0.717) is 25.1 Å². The maximum absolute atomic E-state index is 12.8. The van der Waals surface area contributed by atoms with Crippen LogP contribution in [0.5, 0.6) is 0 Å². The molecule has 0 bridgehead atoms. The Hall–Kier alpha value is -2.93. The highest BCUT2D eigenvalue weighted by molar-refractivity contribution is 6.14. The fourth-order valence-electron chi connectivity index (χ4n) is 2.93. The number of amides is 1. The number of hydrogen-bond acceptors (Lipinski definition) is 6. The minimum atomic E-state index is -0.690. The molecule has 3 rings (SSSR count). The van der Waals surface area contributed by atoms with E-state index < -0.39 is 23.5 Å². The standard InChI is InChI=1S/C18H18N2O5/c1-24-10-3-9-20-15(12-5-7-19-8-6-12)14(17(22)18(20)23)16(21)13-4-2-11-25-13/h2,4-8,11,15,22H,3,9-10H2,1H3. The molecule has 0 fully saturated rings. The molecule has 7 heteroatoms. The van der Waals surface area contributed by atoms with Crippen molar-refractivity contribution >= 4 is 11.7 Å². The van der Waals surface area contributed by atoms with Crippen molar-refractivity contribution in [3.63, 3.8) is 0 Å². The van der Waals surface area contributed by atoms with Gasteiger partial charge in [0.05, 0.1) is 17.9 Å². The number of carbonyl (C=O) groups excluding carboxylic acids is 2. The maximum Gasteiger partial charge on any atom is 0.290 e. The molecule has 7 nitrogen and oxygen atoms in total. The zero-order valence-corrected chi connectivity index (χ0v) is 13.7. The molecule has 3 heterocycles. The van der Waals surface area contributed by atoms with Gasteiger partial charge >= 0.3 is 0 Å². The number of aromatic nitrogens is 1. The van der Waals surface area contributed by atoms with Crippen LogP contribution in [0.4, 0.5) is 0 Å². The molecule has 0 aliphatic carbocycles. The first-order chi connectivity index (χ1) is 12.1. The van der Waals surface area contributed by atoms with Crippen molar-refractivity contribution in [1.82, 2.24) is 9.88 Å². The minimum Gasteiger partial charge on any atom is -0.503 e. The first kappa shape index (κ1) is 16.9. The highest BCUT2D eigenvalue weighted by Gasteiger charge is 2.44. The van der Waals surface area contributed by atoms with E-state index in [1.807, 2.05) is 0 Å². The number of Topliss-reactive ketones (excluding diaryl/α,β-unsaturated/α-hetero) is 1. The molecule has 1 unspecified atom stereocenters. The predicted octanol–water partition coefficient (Wildman–Crippen LogP) is 2.29. The second kappa shape index (κ2) is 7.31. The van der Waals surface area contributed by atoms with Crippen LogP contribution in [0, 0.1) is 0 Å². The maximum atomic E-state index is 12.8. The molecule has 1 aliphatic rings. The number of aliphatic hydroxyl groups excluding tert-OH is 1. The summed E-state index contributed by atoms with van der Waals surface area (Å²) in [7, 11) is 1.58. The average molecular weight is 342 g/mol. The van der Waals surface area contributed by atoms with Gasteiger partial charge in [0.25, 0.3) is 5.91 Å². The number of pyridine rings is 1. The number of ketones is 1. The van der Waals surface area contributed by atoms with Crippen molar-refractivity contribution in [3.05, 3.63) is 65.6 Å². The van der Waals surface area contributed by atoms with Crippen molar-refractivity contribution in [2.75, 3.05) is 20.3 Å². The van der Waals surface area contributed by atoms with Crippen LogP contribution in [-0.2, 0) is 9.53 Å². The van der Waals surface area contributed by atoms with Gasteiger partial charge in [-0.15, -0.1) is 0 Å². The van der Waals surface area contributed by atoms with Crippen molar-refractivity contribution in [2.24, 2.45) is 0 Å². The van der Waals surface area contributed by atoms with Gasteiger partial charge in [-0.25, -0.2) is 0 Å². The van der Waals surface area contributed by atoms with Crippen LogP contribution >= 0.6 is 0 Å². The highest BCUT2D eigenvalue weighted by atomic mass is 16.5. The van der Waals surface area contributed by atoms with E-state index in [1.54, 1.807) is 37.7 Å². The SMILES string of the molecule is COCCCN1C(=O)C(O)=C(C(=O)c2ccco2)C1c1ccncc1. The van der Waals surface area contributed by atoms with Gasteiger partial charge in [-0.1, -0.05) is 0 Å². The van der Waals surface area contributed by atoms with Crippen LogP contribution in [0.2, 0.25) is 0 Å². The van der Waals surface area contributed by atoms with Gasteiger partial charge in [0, 0.05) is 32.7 Å². The van der Waals surface area contributed by atoms with Crippen molar-refractivity contribution in [3.8, 4) is 0 Å². The van der Waals surface area contributed by atoms with Gasteiger partial charge in [0.1, 0.15) is 0 Å². The quantitative estimate of drug-likeness (QED) is 0.613. The van der Waals surface area contributed by atoms with Gasteiger partial charge in [-0.3, -0.25) is 14.6 Å². The number of ether oxygens (including phenoxy) is 1. The third-order valence-corrected chi connectivity index (χ3v) is 4.06. The summed E-state index contributed by atoms with van der Waals surface area (Å²) >= 11 is 0. The molecule has 0 radical (unpaired) electrons. The molecule has 0 saturated carbocycles. The van der Waals surface area contributed by atoms with Gasteiger partial charge in [0.2, 0.25) is 5.78 Å². The molecule has 1 N–H and O–H groups in total. The van der Waals surface area contributed by atoms with Gasteiger partial charge < -0.3 is 19.2 Å². The zero-order chi connectivity index (χ0) is 17.8. The second-order valence-corrected chi connectivity index (χ2v) is 5.60. The summed E-state index contributed by atoms with van der Waals surface area (Å²) in [5.74, 6) is -1.55. The lowest BCUT2D eigenvalue weighted by Gasteiger charge is -2.26. The molecule has 2 aromatic rings. The molecule has 130 valence electrons. The van der Waals surface area contributed by atoms with Gasteiger partial charge in [0.15, 0.2) is 11.5 Å². The lowest BCUT2D eigenvalue weighted by molar-refractivity contribution is -0.129. The first-order valence-electron chi connectivity index (χ1n) is 7.86. The summed E-state index contributed by atoms with van der Waals surface area (Å²) in [6.45, 7) is 0.813. The Morgan fingerprint density at radius 1 is 1.36 bits per heavy atom. The van der Waals surface area contributed by atoms with Crippen LogP contribution in [0.15, 0.2) is 58.7 Å².